The van der Waals surface area contributed by atoms with Crippen LogP contribution in [0.1, 0.15) is 18.5 Å². The van der Waals surface area contributed by atoms with Crippen LogP contribution >= 0.6 is 0 Å². The average Bonchev–Trinajstić information content (AvgIpc) is 2.69. The molecule has 0 aliphatic heterocycles. The molecule has 0 saturated heterocycles. The van der Waals surface area contributed by atoms with Crippen molar-refractivity contribution in [3.63, 3.8) is 0 Å². The maximum Gasteiger partial charge on any atom is 0.0709 e. The predicted octanol–water partition coefficient (Wildman–Crippen LogP) is 1.10. The van der Waals surface area contributed by atoms with E-state index >= 15 is 0 Å². The third kappa shape index (κ3) is 1.14. The van der Waals surface area contributed by atoms with E-state index in [4.69, 9.17) is 4.74 Å². The molecule has 12 heavy (non-hydrogen) atoms. The lowest BCUT2D eigenvalue weighted by Crippen LogP contribution is -2.14. The first-order valence-corrected chi connectivity index (χ1v) is 4.26. The van der Waals surface area contributed by atoms with Crippen molar-refractivity contribution in [2.45, 2.75) is 18.3 Å². The molecule has 2 rings (SSSR count). The van der Waals surface area contributed by atoms with Crippen LogP contribution in [0.5, 0.6) is 0 Å². The third-order valence-electron chi connectivity index (χ3n) is 2.53. The van der Waals surface area contributed by atoms with Gasteiger partial charge in [-0.3, -0.25) is 4.68 Å². The minimum atomic E-state index is 0.260. The first kappa shape index (κ1) is 7.80. The molecule has 0 amide bonds. The van der Waals surface area contributed by atoms with Gasteiger partial charge in [-0.25, -0.2) is 0 Å². The Kier molecular flexibility index (Phi) is 1.68. The highest BCUT2D eigenvalue weighted by Gasteiger charge is 2.46. The van der Waals surface area contributed by atoms with Crippen LogP contribution in [0.15, 0.2) is 12.3 Å². The second kappa shape index (κ2) is 2.59. The van der Waals surface area contributed by atoms with Crippen molar-refractivity contribution in [1.82, 2.24) is 9.78 Å². The fraction of sp³-hybridized carbons (Fsp3) is 0.667. The van der Waals surface area contributed by atoms with Crippen molar-refractivity contribution in [3.8, 4) is 0 Å². The number of aromatic nitrogens is 2. The molecule has 1 aromatic heterocycles. The van der Waals surface area contributed by atoms with Gasteiger partial charge in [-0.15, -0.1) is 0 Å². The standard InChI is InChI=1S/C9H14N2O/c1-11-6-3-8(10-11)9(4-5-9)7-12-2/h3,6H,4-5,7H2,1-2H3. The molecule has 0 aromatic carbocycles. The predicted molar refractivity (Wildman–Crippen MR) is 46.0 cm³/mol. The number of methoxy groups -OCH3 is 1. The van der Waals surface area contributed by atoms with Gasteiger partial charge in [0.2, 0.25) is 0 Å². The molecule has 0 atom stereocenters. The van der Waals surface area contributed by atoms with E-state index in [1.807, 2.05) is 17.9 Å². The molecule has 3 heteroatoms. The van der Waals surface area contributed by atoms with Crippen molar-refractivity contribution in [2.24, 2.45) is 7.05 Å². The number of nitrogens with zero attached hydrogens (tertiary/aromatic N) is 2. The maximum absolute atomic E-state index is 5.18. The Morgan fingerprint density at radius 2 is 2.42 bits per heavy atom. The highest BCUT2D eigenvalue weighted by Crippen LogP contribution is 2.47. The van der Waals surface area contributed by atoms with Gasteiger partial charge in [-0.05, 0) is 18.9 Å². The SMILES string of the molecule is COCC1(c2ccn(C)n2)CC1. The largest absolute Gasteiger partial charge is 0.384 e. The summed E-state index contributed by atoms with van der Waals surface area (Å²) in [5, 5.41) is 4.40. The molecule has 1 fully saturated rings. The lowest BCUT2D eigenvalue weighted by atomic mass is 10.1. The number of ether oxygens (including phenoxy) is 1. The lowest BCUT2D eigenvalue weighted by Gasteiger charge is -2.09. The summed E-state index contributed by atoms with van der Waals surface area (Å²) in [4.78, 5) is 0. The topological polar surface area (TPSA) is 27.1 Å². The van der Waals surface area contributed by atoms with Crippen LogP contribution < -0.4 is 0 Å². The quantitative estimate of drug-likeness (QED) is 0.672. The van der Waals surface area contributed by atoms with E-state index < -0.39 is 0 Å². The van der Waals surface area contributed by atoms with Gasteiger partial charge in [0.05, 0.1) is 12.3 Å². The van der Waals surface area contributed by atoms with Crippen LogP contribution in [0.25, 0.3) is 0 Å². The van der Waals surface area contributed by atoms with E-state index in [0.29, 0.717) is 0 Å². The highest BCUT2D eigenvalue weighted by atomic mass is 16.5. The van der Waals surface area contributed by atoms with Gasteiger partial charge in [0, 0.05) is 25.8 Å². The smallest absolute Gasteiger partial charge is 0.0709 e. The van der Waals surface area contributed by atoms with Crippen molar-refractivity contribution in [2.75, 3.05) is 13.7 Å². The zero-order chi connectivity index (χ0) is 8.60. The molecule has 66 valence electrons. The van der Waals surface area contributed by atoms with E-state index in [-0.39, 0.29) is 5.41 Å². The van der Waals surface area contributed by atoms with Crippen LogP contribution in [-0.4, -0.2) is 23.5 Å². The van der Waals surface area contributed by atoms with E-state index in [9.17, 15) is 0 Å². The molecule has 0 spiro atoms. The summed E-state index contributed by atoms with van der Waals surface area (Å²) in [6, 6.07) is 2.09. The Labute approximate surface area is 72.3 Å². The van der Waals surface area contributed by atoms with Gasteiger partial charge in [0.25, 0.3) is 0 Å². The fourth-order valence-corrected chi connectivity index (χ4v) is 1.60. The molecule has 1 aliphatic carbocycles. The monoisotopic (exact) mass is 166 g/mol. The Balaban J connectivity index is 2.18. The third-order valence-corrected chi connectivity index (χ3v) is 2.53. The molecule has 1 heterocycles. The summed E-state index contributed by atoms with van der Waals surface area (Å²) in [5.41, 5.74) is 1.45. The number of rotatable bonds is 3. The summed E-state index contributed by atoms with van der Waals surface area (Å²) < 4.78 is 7.04. The van der Waals surface area contributed by atoms with E-state index in [1.165, 1.54) is 18.5 Å². The molecule has 1 aromatic rings. The maximum atomic E-state index is 5.18. The van der Waals surface area contributed by atoms with Crippen LogP contribution in [0.3, 0.4) is 0 Å². The van der Waals surface area contributed by atoms with Crippen LogP contribution in [-0.2, 0) is 17.2 Å². The van der Waals surface area contributed by atoms with Gasteiger partial charge in [0.15, 0.2) is 0 Å². The molecule has 0 bridgehead atoms. The normalized spacial score (nSPS) is 19.5. The molecular formula is C9H14N2O. The zero-order valence-corrected chi connectivity index (χ0v) is 7.58. The summed E-state index contributed by atoms with van der Waals surface area (Å²) in [7, 11) is 3.70. The van der Waals surface area contributed by atoms with Crippen molar-refractivity contribution < 1.29 is 4.74 Å². The van der Waals surface area contributed by atoms with Crippen molar-refractivity contribution >= 4 is 0 Å². The van der Waals surface area contributed by atoms with Crippen molar-refractivity contribution in [3.05, 3.63) is 18.0 Å². The molecule has 0 N–H and O–H groups in total. The van der Waals surface area contributed by atoms with Crippen LogP contribution in [0.2, 0.25) is 0 Å². The summed E-state index contributed by atoms with van der Waals surface area (Å²) >= 11 is 0. The Morgan fingerprint density at radius 3 is 2.83 bits per heavy atom. The average molecular weight is 166 g/mol. The summed E-state index contributed by atoms with van der Waals surface area (Å²) in [5.74, 6) is 0. The Hall–Kier alpha value is -0.830. The van der Waals surface area contributed by atoms with Gasteiger partial charge >= 0.3 is 0 Å². The first-order chi connectivity index (χ1) is 5.77. The second-order valence-corrected chi connectivity index (χ2v) is 3.59. The fourth-order valence-electron chi connectivity index (χ4n) is 1.60. The minimum absolute atomic E-state index is 0.260. The molecule has 0 radical (unpaired) electrons. The first-order valence-electron chi connectivity index (χ1n) is 4.26. The second-order valence-electron chi connectivity index (χ2n) is 3.59. The number of hydrogen-bond donors (Lipinski definition) is 0. The molecule has 0 unspecified atom stereocenters. The van der Waals surface area contributed by atoms with E-state index in [2.05, 4.69) is 11.2 Å². The Bertz CT molecular complexity index is 276. The summed E-state index contributed by atoms with van der Waals surface area (Å²) in [6.45, 7) is 0.810. The molecule has 1 saturated carbocycles. The lowest BCUT2D eigenvalue weighted by molar-refractivity contribution is 0.169. The molecular weight excluding hydrogens is 152 g/mol. The minimum Gasteiger partial charge on any atom is -0.384 e. The number of aryl methyl sites for hydroxylation is 1. The van der Waals surface area contributed by atoms with Gasteiger partial charge < -0.3 is 4.74 Å². The summed E-state index contributed by atoms with van der Waals surface area (Å²) in [6.07, 6.45) is 4.43. The van der Waals surface area contributed by atoms with Crippen LogP contribution in [0, 0.1) is 0 Å². The number of hydrogen-bond acceptors (Lipinski definition) is 2. The van der Waals surface area contributed by atoms with E-state index in [0.717, 1.165) is 6.61 Å². The molecule has 3 nitrogen and oxygen atoms in total. The van der Waals surface area contributed by atoms with Crippen LogP contribution in [0.4, 0.5) is 0 Å². The van der Waals surface area contributed by atoms with Gasteiger partial charge in [0.1, 0.15) is 0 Å². The Morgan fingerprint density at radius 1 is 1.67 bits per heavy atom. The van der Waals surface area contributed by atoms with E-state index in [1.54, 1.807) is 7.11 Å². The zero-order valence-electron chi connectivity index (χ0n) is 7.58. The van der Waals surface area contributed by atoms with Gasteiger partial charge in [-0.2, -0.15) is 5.10 Å². The van der Waals surface area contributed by atoms with Gasteiger partial charge in [-0.1, -0.05) is 0 Å². The highest BCUT2D eigenvalue weighted by molar-refractivity contribution is 5.23. The van der Waals surface area contributed by atoms with Crippen molar-refractivity contribution in [1.29, 1.82) is 0 Å². The molecule has 1 aliphatic rings.